The minimum Gasteiger partial charge on any atom is -0.483 e. The molecular formula is C16H20N4O2. The second kappa shape index (κ2) is 4.98. The molecule has 3 aliphatic heterocycles. The molecule has 0 aliphatic carbocycles. The number of ether oxygens (including phenoxy) is 1. The van der Waals surface area contributed by atoms with E-state index < -0.39 is 0 Å². The average molecular weight is 300 g/mol. The van der Waals surface area contributed by atoms with Gasteiger partial charge in [0.05, 0.1) is 5.69 Å². The van der Waals surface area contributed by atoms with Crippen molar-refractivity contribution in [2.75, 3.05) is 18.1 Å². The standard InChI is InChI=1S/C16H20N4O2/c1-9-12(7-17-9)5-11-3-4-14-13(6-11)20-10(2)16(21)19-18-15(20)8-22-14/h3-4,6,9-10,12,17H,5,7-8H2,1-2H3,(H,19,21). The van der Waals surface area contributed by atoms with Gasteiger partial charge in [-0.25, -0.2) is 5.43 Å². The van der Waals surface area contributed by atoms with E-state index in [0.29, 0.717) is 18.6 Å². The van der Waals surface area contributed by atoms with Gasteiger partial charge in [-0.3, -0.25) is 4.79 Å². The highest BCUT2D eigenvalue weighted by molar-refractivity contribution is 6.09. The number of hydrogen-bond donors (Lipinski definition) is 2. The molecule has 3 atom stereocenters. The highest BCUT2D eigenvalue weighted by Gasteiger charge is 2.35. The van der Waals surface area contributed by atoms with Crippen LogP contribution in [-0.2, 0) is 11.2 Å². The zero-order chi connectivity index (χ0) is 15.3. The topological polar surface area (TPSA) is 66.0 Å². The van der Waals surface area contributed by atoms with Gasteiger partial charge in [-0.15, -0.1) is 0 Å². The number of carbonyl (C=O) groups excluding carboxylic acids is 1. The number of hydrogen-bond acceptors (Lipinski definition) is 5. The molecular weight excluding hydrogens is 280 g/mol. The first-order chi connectivity index (χ1) is 10.6. The molecule has 1 aromatic rings. The summed E-state index contributed by atoms with van der Waals surface area (Å²) in [5.41, 5.74) is 4.78. The molecule has 116 valence electrons. The van der Waals surface area contributed by atoms with E-state index in [1.807, 2.05) is 17.9 Å². The Morgan fingerprint density at radius 3 is 3.00 bits per heavy atom. The fourth-order valence-electron chi connectivity index (χ4n) is 3.27. The van der Waals surface area contributed by atoms with Crippen LogP contribution in [0, 0.1) is 5.92 Å². The van der Waals surface area contributed by atoms with Gasteiger partial charge in [-0.05, 0) is 43.9 Å². The Morgan fingerprint density at radius 2 is 2.27 bits per heavy atom. The van der Waals surface area contributed by atoms with Crippen LogP contribution < -0.4 is 20.4 Å². The molecule has 1 aromatic carbocycles. The number of hydrazone groups is 1. The van der Waals surface area contributed by atoms with Crippen LogP contribution in [-0.4, -0.2) is 37.0 Å². The van der Waals surface area contributed by atoms with Crippen LogP contribution in [0.1, 0.15) is 19.4 Å². The van der Waals surface area contributed by atoms with E-state index >= 15 is 0 Å². The lowest BCUT2D eigenvalue weighted by Gasteiger charge is -2.39. The van der Waals surface area contributed by atoms with Gasteiger partial charge in [0, 0.05) is 12.6 Å². The summed E-state index contributed by atoms with van der Waals surface area (Å²) < 4.78 is 5.76. The van der Waals surface area contributed by atoms with E-state index in [-0.39, 0.29) is 11.9 Å². The number of amidine groups is 1. The van der Waals surface area contributed by atoms with Crippen molar-refractivity contribution in [2.45, 2.75) is 32.4 Å². The molecule has 4 rings (SSSR count). The second-order valence-corrected chi connectivity index (χ2v) is 6.30. The zero-order valence-electron chi connectivity index (χ0n) is 12.8. The number of fused-ring (bicyclic) bond motifs is 3. The Morgan fingerprint density at radius 1 is 1.41 bits per heavy atom. The van der Waals surface area contributed by atoms with Gasteiger partial charge in [0.25, 0.3) is 5.91 Å². The van der Waals surface area contributed by atoms with Crippen molar-refractivity contribution in [1.29, 1.82) is 0 Å². The number of rotatable bonds is 2. The maximum Gasteiger partial charge on any atom is 0.262 e. The Labute approximate surface area is 129 Å². The molecule has 1 saturated heterocycles. The summed E-state index contributed by atoms with van der Waals surface area (Å²) in [6, 6.07) is 6.58. The number of nitrogens with one attached hydrogen (secondary N) is 2. The molecule has 6 heteroatoms. The Bertz CT molecular complexity index is 658. The highest BCUT2D eigenvalue weighted by Crippen LogP contribution is 2.36. The molecule has 0 bridgehead atoms. The summed E-state index contributed by atoms with van der Waals surface area (Å²) in [6.45, 7) is 5.58. The molecule has 0 spiro atoms. The van der Waals surface area contributed by atoms with E-state index in [1.54, 1.807) is 0 Å². The van der Waals surface area contributed by atoms with Crippen LogP contribution in [0.25, 0.3) is 0 Å². The van der Waals surface area contributed by atoms with Crippen LogP contribution in [0.4, 0.5) is 5.69 Å². The molecule has 1 amide bonds. The molecule has 6 nitrogen and oxygen atoms in total. The van der Waals surface area contributed by atoms with Crippen molar-refractivity contribution in [3.05, 3.63) is 23.8 Å². The zero-order valence-corrected chi connectivity index (χ0v) is 12.8. The lowest BCUT2D eigenvalue weighted by Crippen LogP contribution is -2.55. The van der Waals surface area contributed by atoms with Crippen LogP contribution in [0.5, 0.6) is 5.75 Å². The predicted octanol–water partition coefficient (Wildman–Crippen LogP) is 0.868. The van der Waals surface area contributed by atoms with Crippen LogP contribution in [0.3, 0.4) is 0 Å². The molecule has 1 fully saturated rings. The van der Waals surface area contributed by atoms with Crippen molar-refractivity contribution in [3.63, 3.8) is 0 Å². The number of benzene rings is 1. The smallest absolute Gasteiger partial charge is 0.262 e. The average Bonchev–Trinajstić information content (AvgIpc) is 2.54. The summed E-state index contributed by atoms with van der Waals surface area (Å²) in [7, 11) is 0. The Hall–Kier alpha value is -2.08. The van der Waals surface area contributed by atoms with Crippen molar-refractivity contribution >= 4 is 17.4 Å². The maximum atomic E-state index is 11.9. The molecule has 0 aromatic heterocycles. The van der Waals surface area contributed by atoms with E-state index in [0.717, 1.165) is 30.2 Å². The first-order valence-electron chi connectivity index (χ1n) is 7.78. The molecule has 3 heterocycles. The molecule has 3 unspecified atom stereocenters. The third kappa shape index (κ3) is 2.06. The predicted molar refractivity (Wildman–Crippen MR) is 84.1 cm³/mol. The monoisotopic (exact) mass is 300 g/mol. The fourth-order valence-corrected chi connectivity index (χ4v) is 3.27. The number of anilines is 1. The van der Waals surface area contributed by atoms with E-state index in [9.17, 15) is 4.79 Å². The molecule has 3 aliphatic rings. The van der Waals surface area contributed by atoms with Gasteiger partial charge in [-0.1, -0.05) is 6.07 Å². The first-order valence-corrected chi connectivity index (χ1v) is 7.78. The quantitative estimate of drug-likeness (QED) is 0.850. The summed E-state index contributed by atoms with van der Waals surface area (Å²) in [4.78, 5) is 13.9. The minimum atomic E-state index is -0.269. The Kier molecular flexibility index (Phi) is 3.07. The van der Waals surface area contributed by atoms with E-state index in [2.05, 4.69) is 34.9 Å². The third-order valence-electron chi connectivity index (χ3n) is 4.89. The van der Waals surface area contributed by atoms with Gasteiger partial charge < -0.3 is 15.0 Å². The van der Waals surface area contributed by atoms with E-state index in [1.165, 1.54) is 5.56 Å². The summed E-state index contributed by atoms with van der Waals surface area (Å²) in [6.07, 6.45) is 1.04. The second-order valence-electron chi connectivity index (χ2n) is 6.30. The molecule has 22 heavy (non-hydrogen) atoms. The molecule has 0 radical (unpaired) electrons. The van der Waals surface area contributed by atoms with Crippen molar-refractivity contribution in [3.8, 4) is 5.75 Å². The largest absolute Gasteiger partial charge is 0.483 e. The molecule has 0 saturated carbocycles. The summed E-state index contributed by atoms with van der Waals surface area (Å²) in [5, 5.41) is 7.51. The minimum absolute atomic E-state index is 0.0844. The first kappa shape index (κ1) is 13.6. The van der Waals surface area contributed by atoms with Gasteiger partial charge in [0.2, 0.25) is 0 Å². The lowest BCUT2D eigenvalue weighted by atomic mass is 9.87. The normalized spacial score (nSPS) is 29.5. The van der Waals surface area contributed by atoms with E-state index in [4.69, 9.17) is 4.74 Å². The van der Waals surface area contributed by atoms with Crippen molar-refractivity contribution in [2.24, 2.45) is 11.0 Å². The molecule has 2 N–H and O–H groups in total. The fraction of sp³-hybridized carbons (Fsp3) is 0.500. The lowest BCUT2D eigenvalue weighted by molar-refractivity contribution is -0.122. The Balaban J connectivity index is 1.67. The number of carbonyl (C=O) groups is 1. The maximum absolute atomic E-state index is 11.9. The third-order valence-corrected chi connectivity index (χ3v) is 4.89. The van der Waals surface area contributed by atoms with Crippen LogP contribution in [0.15, 0.2) is 23.3 Å². The van der Waals surface area contributed by atoms with Crippen LogP contribution in [0.2, 0.25) is 0 Å². The number of nitrogens with zero attached hydrogens (tertiary/aromatic N) is 2. The van der Waals surface area contributed by atoms with Gasteiger partial charge in [0.15, 0.2) is 5.84 Å². The number of amides is 1. The van der Waals surface area contributed by atoms with Gasteiger partial charge >= 0.3 is 0 Å². The van der Waals surface area contributed by atoms with Crippen molar-refractivity contribution < 1.29 is 9.53 Å². The van der Waals surface area contributed by atoms with Crippen LogP contribution >= 0.6 is 0 Å². The summed E-state index contributed by atoms with van der Waals surface area (Å²) >= 11 is 0. The highest BCUT2D eigenvalue weighted by atomic mass is 16.5. The van der Waals surface area contributed by atoms with Crippen molar-refractivity contribution in [1.82, 2.24) is 10.7 Å². The summed E-state index contributed by atoms with van der Waals surface area (Å²) in [5.74, 6) is 2.18. The SMILES string of the molecule is CC1NCC1Cc1ccc2c(c1)N1C(=NNC(=O)C1C)CO2. The van der Waals surface area contributed by atoms with Gasteiger partial charge in [0.1, 0.15) is 18.4 Å². The van der Waals surface area contributed by atoms with Gasteiger partial charge in [-0.2, -0.15) is 5.10 Å².